The third-order valence-electron chi connectivity index (χ3n) is 7.12. The highest BCUT2D eigenvalue weighted by atomic mass is 16.3. The monoisotopic (exact) mass is 495 g/mol. The molecule has 0 unspecified atom stereocenters. The van der Waals surface area contributed by atoms with Gasteiger partial charge in [-0.2, -0.15) is 9.61 Å². The molecule has 1 saturated carbocycles. The van der Waals surface area contributed by atoms with Crippen molar-refractivity contribution < 1.29 is 9.90 Å². The zero-order valence-electron chi connectivity index (χ0n) is 21.5. The van der Waals surface area contributed by atoms with Gasteiger partial charge in [0.2, 0.25) is 0 Å². The summed E-state index contributed by atoms with van der Waals surface area (Å²) in [5.74, 6) is 1.22. The number of aliphatic hydroxyl groups excluding tert-OH is 1. The molecule has 3 aromatic rings. The summed E-state index contributed by atoms with van der Waals surface area (Å²) in [4.78, 5) is 31.0. The average molecular weight is 496 g/mol. The first-order chi connectivity index (χ1) is 17.3. The molecule has 0 aromatic carbocycles. The van der Waals surface area contributed by atoms with Crippen LogP contribution in [0.15, 0.2) is 35.4 Å². The van der Waals surface area contributed by atoms with Gasteiger partial charge in [-0.15, -0.1) is 0 Å². The van der Waals surface area contributed by atoms with Gasteiger partial charge in [0.25, 0.3) is 11.5 Å². The van der Waals surface area contributed by atoms with Gasteiger partial charge in [-0.1, -0.05) is 40.0 Å². The summed E-state index contributed by atoms with van der Waals surface area (Å²) in [6, 6.07) is 5.61. The van der Waals surface area contributed by atoms with E-state index < -0.39 is 5.41 Å². The molecule has 0 spiro atoms. The topological polar surface area (TPSA) is 126 Å². The van der Waals surface area contributed by atoms with Crippen molar-refractivity contribution in [2.45, 2.75) is 58.9 Å². The predicted octanol–water partition coefficient (Wildman–Crippen LogP) is 3.57. The number of carbonyl (C=O) groups excluding carboxylic acids is 1. The van der Waals surface area contributed by atoms with Crippen molar-refractivity contribution in [3.8, 4) is 0 Å². The van der Waals surface area contributed by atoms with E-state index in [1.54, 1.807) is 23.7 Å². The number of aliphatic hydroxyl groups is 1. The first-order valence-electron chi connectivity index (χ1n) is 12.7. The van der Waals surface area contributed by atoms with E-state index in [1.807, 2.05) is 30.7 Å². The van der Waals surface area contributed by atoms with Crippen LogP contribution >= 0.6 is 0 Å². The smallest absolute Gasteiger partial charge is 0.274 e. The number of amides is 1. The van der Waals surface area contributed by atoms with Gasteiger partial charge in [0, 0.05) is 43.9 Å². The number of hydrogen-bond acceptors (Lipinski definition) is 7. The first-order valence-corrected chi connectivity index (χ1v) is 12.7. The van der Waals surface area contributed by atoms with Crippen LogP contribution in [0.3, 0.4) is 0 Å². The summed E-state index contributed by atoms with van der Waals surface area (Å²) in [6.45, 7) is 6.18. The Morgan fingerprint density at radius 1 is 1.28 bits per heavy atom. The Morgan fingerprint density at radius 2 is 2.06 bits per heavy atom. The van der Waals surface area contributed by atoms with Crippen LogP contribution in [0.2, 0.25) is 0 Å². The van der Waals surface area contributed by atoms with Crippen molar-refractivity contribution in [1.29, 1.82) is 0 Å². The van der Waals surface area contributed by atoms with Crippen molar-refractivity contribution >= 4 is 28.9 Å². The van der Waals surface area contributed by atoms with Crippen molar-refractivity contribution in [3.63, 3.8) is 0 Å². The molecule has 4 rings (SSSR count). The summed E-state index contributed by atoms with van der Waals surface area (Å²) < 4.78 is 3.42. The largest absolute Gasteiger partial charge is 0.396 e. The van der Waals surface area contributed by atoms with Crippen LogP contribution < -0.4 is 21.5 Å². The van der Waals surface area contributed by atoms with E-state index in [9.17, 15) is 14.7 Å². The van der Waals surface area contributed by atoms with Crippen LogP contribution in [0.25, 0.3) is 5.65 Å². The fourth-order valence-electron chi connectivity index (χ4n) is 4.87. The predicted molar refractivity (Wildman–Crippen MR) is 141 cm³/mol. The zero-order valence-corrected chi connectivity index (χ0v) is 21.5. The van der Waals surface area contributed by atoms with Crippen LogP contribution in [-0.2, 0) is 0 Å². The number of anilines is 3. The summed E-state index contributed by atoms with van der Waals surface area (Å²) >= 11 is 0. The number of pyridine rings is 1. The van der Waals surface area contributed by atoms with Crippen LogP contribution in [0.4, 0.5) is 17.3 Å². The van der Waals surface area contributed by atoms with E-state index in [2.05, 4.69) is 33.0 Å². The Balaban J connectivity index is 1.65. The van der Waals surface area contributed by atoms with Gasteiger partial charge in [-0.05, 0) is 30.9 Å². The minimum atomic E-state index is -0.447. The van der Waals surface area contributed by atoms with Crippen molar-refractivity contribution in [2.24, 2.45) is 11.3 Å². The molecule has 1 amide bonds. The van der Waals surface area contributed by atoms with Gasteiger partial charge in [-0.25, -0.2) is 4.98 Å². The first kappa shape index (κ1) is 25.7. The third kappa shape index (κ3) is 5.23. The van der Waals surface area contributed by atoms with Crippen LogP contribution in [0, 0.1) is 11.3 Å². The third-order valence-corrected chi connectivity index (χ3v) is 7.12. The highest BCUT2D eigenvalue weighted by Crippen LogP contribution is 2.35. The van der Waals surface area contributed by atoms with Gasteiger partial charge in [0.15, 0.2) is 5.65 Å². The molecule has 3 aromatic heterocycles. The van der Waals surface area contributed by atoms with Crippen molar-refractivity contribution in [3.05, 3.63) is 46.5 Å². The quantitative estimate of drug-likeness (QED) is 0.358. The number of rotatable bonds is 9. The lowest BCUT2D eigenvalue weighted by atomic mass is 9.82. The Hall–Kier alpha value is -3.40. The van der Waals surface area contributed by atoms with E-state index in [1.165, 1.54) is 12.6 Å². The molecule has 1 aliphatic carbocycles. The summed E-state index contributed by atoms with van der Waals surface area (Å²) in [7, 11) is 1.76. The average Bonchev–Trinajstić information content (AvgIpc) is 3.32. The molecule has 3 heterocycles. The van der Waals surface area contributed by atoms with Gasteiger partial charge in [0.1, 0.15) is 22.9 Å². The minimum absolute atomic E-state index is 0.0489. The molecule has 194 valence electrons. The van der Waals surface area contributed by atoms with Crippen molar-refractivity contribution in [1.82, 2.24) is 24.5 Å². The SMILES string of the molecule is CC[C@H]1CCCC[C@H]1n1cccc(Nc2cc(NC)n3ncc(C(=O)NCC(C)(C)CO)c3n2)c1=O. The van der Waals surface area contributed by atoms with E-state index in [-0.39, 0.29) is 24.1 Å². The standard InChI is InChI=1S/C26H37N7O3/c1-5-17-9-6-7-11-20(17)32-12-8-10-19(25(32)36)30-21-13-22(27-4)33-23(31-21)18(14-29-33)24(35)28-15-26(2,3)16-34/h8,10,12-14,17,20,27,34H,5-7,9,11,15-16H2,1-4H3,(H,28,35)(H,30,31)/t17-,20+/m0/s1. The van der Waals surface area contributed by atoms with Crippen molar-refractivity contribution in [2.75, 3.05) is 30.8 Å². The molecule has 0 radical (unpaired) electrons. The summed E-state index contributed by atoms with van der Waals surface area (Å²) in [5, 5.41) is 22.9. The molecular formula is C26H37N7O3. The molecule has 1 fully saturated rings. The zero-order chi connectivity index (χ0) is 25.9. The fourth-order valence-corrected chi connectivity index (χ4v) is 4.87. The number of nitrogens with zero attached hydrogens (tertiary/aromatic N) is 4. The Labute approximate surface area is 211 Å². The molecule has 0 bridgehead atoms. The lowest BCUT2D eigenvalue weighted by Gasteiger charge is -2.32. The van der Waals surface area contributed by atoms with Crippen LogP contribution in [0.1, 0.15) is 69.3 Å². The molecule has 2 atom stereocenters. The Morgan fingerprint density at radius 3 is 2.78 bits per heavy atom. The minimum Gasteiger partial charge on any atom is -0.396 e. The molecule has 1 aliphatic rings. The number of fused-ring (bicyclic) bond motifs is 1. The molecule has 0 aliphatic heterocycles. The lowest BCUT2D eigenvalue weighted by molar-refractivity contribution is 0.0912. The van der Waals surface area contributed by atoms with Gasteiger partial charge < -0.3 is 25.6 Å². The maximum absolute atomic E-state index is 13.4. The molecule has 36 heavy (non-hydrogen) atoms. The molecule has 10 heteroatoms. The molecule has 10 nitrogen and oxygen atoms in total. The van der Waals surface area contributed by atoms with Gasteiger partial charge in [0.05, 0.1) is 6.20 Å². The molecule has 4 N–H and O–H groups in total. The van der Waals surface area contributed by atoms with Gasteiger partial charge in [-0.3, -0.25) is 9.59 Å². The summed E-state index contributed by atoms with van der Waals surface area (Å²) in [5.41, 5.74) is 0.581. The van der Waals surface area contributed by atoms with E-state index in [0.29, 0.717) is 41.0 Å². The second kappa shape index (κ2) is 10.7. The maximum Gasteiger partial charge on any atom is 0.274 e. The number of carbonyl (C=O) groups is 1. The van der Waals surface area contributed by atoms with E-state index in [4.69, 9.17) is 0 Å². The summed E-state index contributed by atoms with van der Waals surface area (Å²) in [6.07, 6.45) is 8.93. The molecular weight excluding hydrogens is 458 g/mol. The second-order valence-corrected chi connectivity index (χ2v) is 10.4. The number of aromatic nitrogens is 4. The maximum atomic E-state index is 13.4. The Bertz CT molecular complexity index is 1280. The highest BCUT2D eigenvalue weighted by Gasteiger charge is 2.26. The second-order valence-electron chi connectivity index (χ2n) is 10.4. The number of hydrogen-bond donors (Lipinski definition) is 4. The fraction of sp³-hybridized carbons (Fsp3) is 0.538. The lowest BCUT2D eigenvalue weighted by Crippen LogP contribution is -2.36. The highest BCUT2D eigenvalue weighted by molar-refractivity contribution is 6.00. The van der Waals surface area contributed by atoms with Crippen LogP contribution in [0.5, 0.6) is 0 Å². The molecule has 0 saturated heterocycles. The normalized spacial score (nSPS) is 18.2. The van der Waals surface area contributed by atoms with Crippen LogP contribution in [-0.4, -0.2) is 50.4 Å². The number of nitrogens with one attached hydrogen (secondary N) is 3. The van der Waals surface area contributed by atoms with E-state index in [0.717, 1.165) is 25.7 Å². The van der Waals surface area contributed by atoms with E-state index >= 15 is 0 Å². The van der Waals surface area contributed by atoms with Gasteiger partial charge >= 0.3 is 0 Å². The Kier molecular flexibility index (Phi) is 7.63.